The van der Waals surface area contributed by atoms with Crippen molar-refractivity contribution in [3.63, 3.8) is 0 Å². The smallest absolute Gasteiger partial charge is 0.231 e. The lowest BCUT2D eigenvalue weighted by atomic mass is 9.77. The van der Waals surface area contributed by atoms with E-state index in [9.17, 15) is 8.78 Å². The second kappa shape index (κ2) is 7.92. The van der Waals surface area contributed by atoms with Crippen LogP contribution in [0.25, 0.3) is 0 Å². The van der Waals surface area contributed by atoms with Gasteiger partial charge in [0.1, 0.15) is 24.0 Å². The monoisotopic (exact) mass is 450 g/mol. The van der Waals surface area contributed by atoms with Gasteiger partial charge in [0.2, 0.25) is 6.79 Å². The summed E-state index contributed by atoms with van der Waals surface area (Å²) in [5.74, 6) is 1.31. The van der Waals surface area contributed by atoms with Gasteiger partial charge in [0.15, 0.2) is 11.5 Å². The third kappa shape index (κ3) is 3.30. The molecule has 0 radical (unpaired) electrons. The molecule has 3 aliphatic rings. The van der Waals surface area contributed by atoms with Crippen LogP contribution < -0.4 is 24.4 Å². The van der Waals surface area contributed by atoms with E-state index < -0.39 is 11.6 Å². The first-order chi connectivity index (χ1) is 16.2. The molecule has 1 unspecified atom stereocenters. The van der Waals surface area contributed by atoms with Gasteiger partial charge in [-0.25, -0.2) is 8.78 Å². The Labute approximate surface area is 190 Å². The van der Waals surface area contributed by atoms with E-state index in [1.165, 1.54) is 29.4 Å². The van der Waals surface area contributed by atoms with Gasteiger partial charge in [0.25, 0.3) is 0 Å². The summed E-state index contributed by atoms with van der Waals surface area (Å²) in [6.07, 6.45) is 0.843. The normalized spacial score (nSPS) is 19.6. The first-order valence-corrected chi connectivity index (χ1v) is 11.2. The third-order valence-corrected chi connectivity index (χ3v) is 6.83. The second-order valence-electron chi connectivity index (χ2n) is 8.74. The molecule has 7 heteroatoms. The number of nitrogens with zero attached hydrogens (tertiary/aromatic N) is 1. The first-order valence-electron chi connectivity index (χ1n) is 11.2. The average molecular weight is 450 g/mol. The highest BCUT2D eigenvalue weighted by atomic mass is 19.1. The number of hydrogen-bond acceptors (Lipinski definition) is 5. The Balaban J connectivity index is 1.17. The van der Waals surface area contributed by atoms with E-state index in [-0.39, 0.29) is 24.3 Å². The van der Waals surface area contributed by atoms with Gasteiger partial charge in [-0.1, -0.05) is 24.3 Å². The number of para-hydroxylation sites is 1. The van der Waals surface area contributed by atoms with Gasteiger partial charge >= 0.3 is 0 Å². The molecule has 0 saturated carbocycles. The summed E-state index contributed by atoms with van der Waals surface area (Å²) in [5, 5.41) is 3.17. The molecule has 0 aliphatic carbocycles. The Morgan fingerprint density at radius 1 is 0.879 bits per heavy atom. The SMILES string of the molecule is Fc1cccc(F)c1CNCCCN1CC2(COc3cc4c(cc32)OCO4)c2ccccc21. The zero-order valence-corrected chi connectivity index (χ0v) is 18.1. The number of anilines is 1. The maximum absolute atomic E-state index is 13.8. The summed E-state index contributed by atoms with van der Waals surface area (Å²) >= 11 is 0. The minimum Gasteiger partial charge on any atom is -0.492 e. The van der Waals surface area contributed by atoms with Gasteiger partial charge in [-0.15, -0.1) is 0 Å². The Hall–Kier alpha value is -3.32. The van der Waals surface area contributed by atoms with Crippen molar-refractivity contribution in [2.24, 2.45) is 0 Å². The van der Waals surface area contributed by atoms with Crippen LogP contribution in [0.1, 0.15) is 23.1 Å². The zero-order chi connectivity index (χ0) is 22.4. The molecule has 3 aliphatic heterocycles. The standard InChI is InChI=1S/C26H24F2N2O3/c27-20-6-3-7-21(28)17(20)13-29-9-4-10-30-14-26(18-5-1-2-8-22(18)30)15-31-23-12-25-24(11-19(23)26)32-16-33-25/h1-3,5-8,11-12,29H,4,9-10,13-16H2. The highest BCUT2D eigenvalue weighted by Crippen LogP contribution is 2.54. The van der Waals surface area contributed by atoms with Crippen LogP contribution in [0, 0.1) is 11.6 Å². The predicted molar refractivity (Wildman–Crippen MR) is 120 cm³/mol. The van der Waals surface area contributed by atoms with Crippen LogP contribution in [0.5, 0.6) is 17.2 Å². The second-order valence-corrected chi connectivity index (χ2v) is 8.74. The summed E-state index contributed by atoms with van der Waals surface area (Å²) in [5.41, 5.74) is 3.42. The van der Waals surface area contributed by atoms with Crippen LogP contribution in [0.2, 0.25) is 0 Å². The lowest BCUT2D eigenvalue weighted by Crippen LogP contribution is -2.37. The largest absolute Gasteiger partial charge is 0.492 e. The van der Waals surface area contributed by atoms with Crippen molar-refractivity contribution in [1.82, 2.24) is 5.32 Å². The fourth-order valence-corrected chi connectivity index (χ4v) is 5.21. The van der Waals surface area contributed by atoms with Crippen LogP contribution in [0.15, 0.2) is 54.6 Å². The lowest BCUT2D eigenvalue weighted by Gasteiger charge is -2.25. The first kappa shape index (κ1) is 20.3. The van der Waals surface area contributed by atoms with Crippen LogP contribution in [0.4, 0.5) is 14.5 Å². The predicted octanol–water partition coefficient (Wildman–Crippen LogP) is 4.37. The zero-order valence-electron chi connectivity index (χ0n) is 18.1. The van der Waals surface area contributed by atoms with E-state index in [1.54, 1.807) is 0 Å². The molecular weight excluding hydrogens is 426 g/mol. The van der Waals surface area contributed by atoms with Crippen molar-refractivity contribution < 1.29 is 23.0 Å². The van der Waals surface area contributed by atoms with E-state index in [0.29, 0.717) is 13.2 Å². The molecule has 1 spiro atoms. The quantitative estimate of drug-likeness (QED) is 0.565. The molecule has 1 atom stereocenters. The molecule has 0 fully saturated rings. The molecule has 0 aromatic heterocycles. The number of benzene rings is 3. The lowest BCUT2D eigenvalue weighted by molar-refractivity contribution is 0.173. The van der Waals surface area contributed by atoms with Crippen molar-refractivity contribution in [2.75, 3.05) is 37.9 Å². The van der Waals surface area contributed by atoms with Crippen molar-refractivity contribution in [3.8, 4) is 17.2 Å². The third-order valence-electron chi connectivity index (χ3n) is 6.83. The summed E-state index contributed by atoms with van der Waals surface area (Å²) in [6, 6.07) is 16.4. The minimum absolute atomic E-state index is 0.0846. The van der Waals surface area contributed by atoms with Gasteiger partial charge in [0.05, 0.1) is 5.41 Å². The summed E-state index contributed by atoms with van der Waals surface area (Å²) < 4.78 is 44.9. The van der Waals surface area contributed by atoms with Gasteiger partial charge < -0.3 is 24.4 Å². The van der Waals surface area contributed by atoms with Crippen molar-refractivity contribution in [2.45, 2.75) is 18.4 Å². The fraction of sp³-hybridized carbons (Fsp3) is 0.308. The number of nitrogens with one attached hydrogen (secondary N) is 1. The molecule has 0 bridgehead atoms. The van der Waals surface area contributed by atoms with Gasteiger partial charge in [-0.3, -0.25) is 0 Å². The molecule has 3 heterocycles. The molecule has 0 amide bonds. The van der Waals surface area contributed by atoms with Gasteiger partial charge in [0, 0.05) is 42.5 Å². The number of hydrogen-bond donors (Lipinski definition) is 1. The Morgan fingerprint density at radius 3 is 2.52 bits per heavy atom. The molecule has 170 valence electrons. The van der Waals surface area contributed by atoms with E-state index in [1.807, 2.05) is 6.07 Å². The molecule has 1 N–H and O–H groups in total. The number of rotatable bonds is 6. The number of halogens is 2. The molecule has 5 nitrogen and oxygen atoms in total. The van der Waals surface area contributed by atoms with Crippen LogP contribution >= 0.6 is 0 Å². The maximum atomic E-state index is 13.8. The van der Waals surface area contributed by atoms with Crippen molar-refractivity contribution in [1.29, 1.82) is 0 Å². The van der Waals surface area contributed by atoms with Gasteiger partial charge in [-0.05, 0) is 42.8 Å². The molecule has 3 aromatic rings. The van der Waals surface area contributed by atoms with E-state index >= 15 is 0 Å². The minimum atomic E-state index is -0.515. The summed E-state index contributed by atoms with van der Waals surface area (Å²) in [6.45, 7) is 3.27. The topological polar surface area (TPSA) is 43.0 Å². The Bertz CT molecular complexity index is 1200. The highest BCUT2D eigenvalue weighted by molar-refractivity contribution is 5.70. The molecular formula is C26H24F2N2O3. The Kier molecular flexibility index (Phi) is 4.87. The Morgan fingerprint density at radius 2 is 1.67 bits per heavy atom. The average Bonchev–Trinajstić information content (AvgIpc) is 3.51. The van der Waals surface area contributed by atoms with Crippen LogP contribution in [-0.4, -0.2) is 33.0 Å². The summed E-state index contributed by atoms with van der Waals surface area (Å²) in [4.78, 5) is 2.38. The van der Waals surface area contributed by atoms with E-state index in [4.69, 9.17) is 14.2 Å². The van der Waals surface area contributed by atoms with Crippen molar-refractivity contribution in [3.05, 3.63) is 82.9 Å². The molecule has 0 saturated heterocycles. The summed E-state index contributed by atoms with van der Waals surface area (Å²) in [7, 11) is 0. The van der Waals surface area contributed by atoms with Crippen molar-refractivity contribution >= 4 is 5.69 Å². The van der Waals surface area contributed by atoms with Crippen LogP contribution in [0.3, 0.4) is 0 Å². The molecule has 3 aromatic carbocycles. The van der Waals surface area contributed by atoms with E-state index in [2.05, 4.69) is 40.5 Å². The van der Waals surface area contributed by atoms with Gasteiger partial charge in [-0.2, -0.15) is 0 Å². The van der Waals surface area contributed by atoms with E-state index in [0.717, 1.165) is 42.3 Å². The molecule has 6 rings (SSSR count). The highest BCUT2D eigenvalue weighted by Gasteiger charge is 2.50. The fourth-order valence-electron chi connectivity index (χ4n) is 5.21. The van der Waals surface area contributed by atoms with Crippen LogP contribution in [-0.2, 0) is 12.0 Å². The maximum Gasteiger partial charge on any atom is 0.231 e. The number of fused-ring (bicyclic) bond motifs is 5. The number of ether oxygens (including phenoxy) is 3. The molecule has 33 heavy (non-hydrogen) atoms.